The fourth-order valence-corrected chi connectivity index (χ4v) is 3.08. The topological polar surface area (TPSA) is 97.1 Å². The third kappa shape index (κ3) is 4.45. The molecule has 2 N–H and O–H groups in total. The van der Waals surface area contributed by atoms with Crippen LogP contribution in [0.2, 0.25) is 0 Å². The maximum atomic E-state index is 12.1. The van der Waals surface area contributed by atoms with Crippen LogP contribution in [-0.4, -0.2) is 37.5 Å². The standard InChI is InChI=1S/C15H15BrN4O3S/c1-3-6-20-9(2)18-19-15(20)24-8-13(21)17-12-5-4-10(16)7-11(12)14(22)23/h3-5,7H,1,6,8H2,2H3,(H,17,21)(H,22,23). The summed E-state index contributed by atoms with van der Waals surface area (Å²) in [6, 6.07) is 4.65. The Morgan fingerprint density at radius 3 is 2.88 bits per heavy atom. The van der Waals surface area contributed by atoms with Crippen molar-refractivity contribution in [3.8, 4) is 0 Å². The molecule has 9 heteroatoms. The third-order valence-corrected chi connectivity index (χ3v) is 4.49. The van der Waals surface area contributed by atoms with Gasteiger partial charge in [-0.05, 0) is 25.1 Å². The van der Waals surface area contributed by atoms with Gasteiger partial charge in [-0.15, -0.1) is 16.8 Å². The molecule has 7 nitrogen and oxygen atoms in total. The van der Waals surface area contributed by atoms with Gasteiger partial charge in [-0.2, -0.15) is 0 Å². The maximum absolute atomic E-state index is 12.1. The minimum absolute atomic E-state index is 0.0217. The second-order valence-corrected chi connectivity index (χ2v) is 6.62. The SMILES string of the molecule is C=CCn1c(C)nnc1SCC(=O)Nc1ccc(Br)cc1C(=O)O. The van der Waals surface area contributed by atoms with Crippen LogP contribution in [0.4, 0.5) is 5.69 Å². The van der Waals surface area contributed by atoms with E-state index in [4.69, 9.17) is 0 Å². The zero-order chi connectivity index (χ0) is 17.7. The highest BCUT2D eigenvalue weighted by Gasteiger charge is 2.15. The van der Waals surface area contributed by atoms with Crippen molar-refractivity contribution in [2.75, 3.05) is 11.1 Å². The van der Waals surface area contributed by atoms with Crippen LogP contribution in [0.5, 0.6) is 0 Å². The van der Waals surface area contributed by atoms with E-state index in [1.54, 1.807) is 18.2 Å². The highest BCUT2D eigenvalue weighted by Crippen LogP contribution is 2.22. The summed E-state index contributed by atoms with van der Waals surface area (Å²) in [7, 11) is 0. The molecule has 0 atom stereocenters. The van der Waals surface area contributed by atoms with Gasteiger partial charge in [-0.1, -0.05) is 33.8 Å². The number of rotatable bonds is 7. The monoisotopic (exact) mass is 410 g/mol. The Labute approximate surface area is 151 Å². The average Bonchev–Trinajstić information content (AvgIpc) is 2.88. The molecule has 0 fully saturated rings. The van der Waals surface area contributed by atoms with Crippen molar-refractivity contribution in [3.05, 3.63) is 46.7 Å². The summed E-state index contributed by atoms with van der Waals surface area (Å²) >= 11 is 4.44. The number of allylic oxidation sites excluding steroid dienone is 1. The van der Waals surface area contributed by atoms with Crippen molar-refractivity contribution in [2.24, 2.45) is 0 Å². The molecule has 24 heavy (non-hydrogen) atoms. The second kappa shape index (κ2) is 8.11. The summed E-state index contributed by atoms with van der Waals surface area (Å²) in [5.74, 6) is -0.611. The molecule has 0 bridgehead atoms. The lowest BCUT2D eigenvalue weighted by molar-refractivity contribution is -0.113. The molecular weight excluding hydrogens is 396 g/mol. The number of anilines is 1. The molecule has 0 aliphatic heterocycles. The molecule has 1 heterocycles. The van der Waals surface area contributed by atoms with E-state index in [-0.39, 0.29) is 22.9 Å². The van der Waals surface area contributed by atoms with Gasteiger partial charge in [0, 0.05) is 11.0 Å². The number of thioether (sulfide) groups is 1. The van der Waals surface area contributed by atoms with Crippen LogP contribution in [0.1, 0.15) is 16.2 Å². The number of carboxylic acid groups (broad SMARTS) is 1. The van der Waals surface area contributed by atoms with E-state index < -0.39 is 5.97 Å². The first-order valence-corrected chi connectivity index (χ1v) is 8.66. The van der Waals surface area contributed by atoms with Gasteiger partial charge in [0.1, 0.15) is 5.82 Å². The van der Waals surface area contributed by atoms with E-state index in [1.807, 2.05) is 11.5 Å². The van der Waals surface area contributed by atoms with Crippen molar-refractivity contribution in [3.63, 3.8) is 0 Å². The van der Waals surface area contributed by atoms with E-state index in [1.165, 1.54) is 17.8 Å². The predicted octanol–water partition coefficient (Wildman–Crippen LogP) is 2.96. The molecule has 0 saturated heterocycles. The number of amides is 1. The normalized spacial score (nSPS) is 10.4. The Morgan fingerprint density at radius 1 is 1.46 bits per heavy atom. The van der Waals surface area contributed by atoms with Crippen LogP contribution in [-0.2, 0) is 11.3 Å². The zero-order valence-corrected chi connectivity index (χ0v) is 15.2. The van der Waals surface area contributed by atoms with Gasteiger partial charge in [-0.25, -0.2) is 4.79 Å². The Morgan fingerprint density at radius 2 is 2.21 bits per heavy atom. The smallest absolute Gasteiger partial charge is 0.337 e. The van der Waals surface area contributed by atoms with Gasteiger partial charge in [0.25, 0.3) is 0 Å². The first-order valence-electron chi connectivity index (χ1n) is 6.88. The second-order valence-electron chi connectivity index (χ2n) is 4.76. The van der Waals surface area contributed by atoms with E-state index in [9.17, 15) is 14.7 Å². The Kier molecular flexibility index (Phi) is 6.16. The zero-order valence-electron chi connectivity index (χ0n) is 12.8. The first kappa shape index (κ1) is 18.2. The number of nitrogens with zero attached hydrogens (tertiary/aromatic N) is 3. The molecule has 0 aliphatic carbocycles. The summed E-state index contributed by atoms with van der Waals surface area (Å²) in [6.45, 7) is 6.05. The minimum Gasteiger partial charge on any atom is -0.478 e. The lowest BCUT2D eigenvalue weighted by atomic mass is 10.2. The summed E-state index contributed by atoms with van der Waals surface area (Å²) in [5.41, 5.74) is 0.272. The number of carbonyl (C=O) groups is 2. The van der Waals surface area contributed by atoms with Crippen LogP contribution in [0, 0.1) is 6.92 Å². The van der Waals surface area contributed by atoms with E-state index in [0.717, 1.165) is 5.82 Å². The highest BCUT2D eigenvalue weighted by molar-refractivity contribution is 9.10. The van der Waals surface area contributed by atoms with Gasteiger partial charge in [-0.3, -0.25) is 4.79 Å². The lowest BCUT2D eigenvalue weighted by Gasteiger charge is -2.09. The number of hydrogen-bond donors (Lipinski definition) is 2. The molecule has 0 unspecified atom stereocenters. The maximum Gasteiger partial charge on any atom is 0.337 e. The van der Waals surface area contributed by atoms with Crippen molar-refractivity contribution in [1.29, 1.82) is 0 Å². The molecule has 126 valence electrons. The molecule has 0 aliphatic rings. The van der Waals surface area contributed by atoms with E-state index in [0.29, 0.717) is 16.2 Å². The number of hydrogen-bond acceptors (Lipinski definition) is 5. The molecule has 0 saturated carbocycles. The van der Waals surface area contributed by atoms with Gasteiger partial charge in [0.05, 0.1) is 17.0 Å². The van der Waals surface area contributed by atoms with Crippen LogP contribution in [0.15, 0.2) is 40.5 Å². The highest BCUT2D eigenvalue weighted by atomic mass is 79.9. The van der Waals surface area contributed by atoms with E-state index in [2.05, 4.69) is 38.0 Å². The quantitative estimate of drug-likeness (QED) is 0.537. The Bertz CT molecular complexity index is 791. The number of nitrogens with one attached hydrogen (secondary N) is 1. The molecule has 0 spiro atoms. The van der Waals surface area contributed by atoms with Crippen LogP contribution >= 0.6 is 27.7 Å². The molecule has 1 aromatic carbocycles. The van der Waals surface area contributed by atoms with Crippen LogP contribution in [0.3, 0.4) is 0 Å². The van der Waals surface area contributed by atoms with Crippen molar-refractivity contribution in [1.82, 2.24) is 14.8 Å². The minimum atomic E-state index is -1.11. The fourth-order valence-electron chi connectivity index (χ4n) is 1.93. The number of benzene rings is 1. The third-order valence-electron chi connectivity index (χ3n) is 3.03. The largest absolute Gasteiger partial charge is 0.478 e. The summed E-state index contributed by atoms with van der Waals surface area (Å²) in [4.78, 5) is 23.4. The fraction of sp³-hybridized carbons (Fsp3) is 0.200. The number of carbonyl (C=O) groups excluding carboxylic acids is 1. The predicted molar refractivity (Wildman–Crippen MR) is 95.4 cm³/mol. The molecule has 2 aromatic rings. The van der Waals surface area contributed by atoms with Crippen LogP contribution < -0.4 is 5.32 Å². The Balaban J connectivity index is 2.04. The first-order chi connectivity index (χ1) is 11.4. The van der Waals surface area contributed by atoms with Crippen molar-refractivity contribution < 1.29 is 14.7 Å². The molecule has 0 radical (unpaired) electrons. The molecular formula is C15H15BrN4O3S. The molecule has 1 aromatic heterocycles. The number of carboxylic acids is 1. The Hall–Kier alpha value is -2.13. The summed E-state index contributed by atoms with van der Waals surface area (Å²) < 4.78 is 2.47. The average molecular weight is 411 g/mol. The van der Waals surface area contributed by atoms with Gasteiger partial charge in [0.2, 0.25) is 5.91 Å². The summed E-state index contributed by atoms with van der Waals surface area (Å²) in [5, 5.41) is 20.4. The number of aryl methyl sites for hydroxylation is 1. The number of halogens is 1. The number of aromatic carboxylic acids is 1. The van der Waals surface area contributed by atoms with Gasteiger partial charge < -0.3 is 15.0 Å². The van der Waals surface area contributed by atoms with Crippen molar-refractivity contribution >= 4 is 45.3 Å². The van der Waals surface area contributed by atoms with Gasteiger partial charge >= 0.3 is 5.97 Å². The summed E-state index contributed by atoms with van der Waals surface area (Å²) in [6.07, 6.45) is 1.72. The molecule has 2 rings (SSSR count). The van der Waals surface area contributed by atoms with E-state index >= 15 is 0 Å². The van der Waals surface area contributed by atoms with Gasteiger partial charge in [0.15, 0.2) is 5.16 Å². The van der Waals surface area contributed by atoms with Crippen molar-refractivity contribution in [2.45, 2.75) is 18.6 Å². The molecule has 1 amide bonds. The number of aromatic nitrogens is 3. The van der Waals surface area contributed by atoms with Crippen LogP contribution in [0.25, 0.3) is 0 Å². The lowest BCUT2D eigenvalue weighted by Crippen LogP contribution is -2.17.